The Labute approximate surface area is 106 Å². The summed E-state index contributed by atoms with van der Waals surface area (Å²) in [5, 5.41) is 15.4. The fourth-order valence-corrected chi connectivity index (χ4v) is 4.80. The van der Waals surface area contributed by atoms with Gasteiger partial charge in [-0.15, -0.1) is 0 Å². The number of sulfonamides is 1. The maximum absolute atomic E-state index is 12.4. The van der Waals surface area contributed by atoms with Gasteiger partial charge in [0.1, 0.15) is 0 Å². The number of rotatable bonds is 3. The second-order valence-corrected chi connectivity index (χ2v) is 7.03. The molecular weight excluding hydrogens is 254 g/mol. The third-order valence-corrected chi connectivity index (χ3v) is 5.99. The van der Waals surface area contributed by atoms with Crippen LogP contribution < -0.4 is 0 Å². The number of aliphatic hydroxyl groups excluding tert-OH is 1. The molecule has 2 atom stereocenters. The van der Waals surface area contributed by atoms with Gasteiger partial charge < -0.3 is 5.11 Å². The molecule has 2 N–H and O–H groups in total. The average Bonchev–Trinajstić information content (AvgIpc) is 3.03. The molecule has 0 amide bonds. The van der Waals surface area contributed by atoms with Gasteiger partial charge in [-0.2, -0.15) is 9.40 Å². The quantitative estimate of drug-likeness (QED) is 0.829. The second kappa shape index (κ2) is 4.32. The van der Waals surface area contributed by atoms with Crippen molar-refractivity contribution in [2.24, 2.45) is 11.8 Å². The van der Waals surface area contributed by atoms with Crippen LogP contribution in [-0.4, -0.2) is 41.1 Å². The zero-order valence-electron chi connectivity index (χ0n) is 10.0. The van der Waals surface area contributed by atoms with Crippen molar-refractivity contribution in [1.82, 2.24) is 14.5 Å². The second-order valence-electron chi connectivity index (χ2n) is 5.16. The van der Waals surface area contributed by atoms with Crippen molar-refractivity contribution in [3.63, 3.8) is 0 Å². The number of nitrogens with zero attached hydrogens (tertiary/aromatic N) is 2. The molecule has 1 saturated heterocycles. The highest BCUT2D eigenvalue weighted by Gasteiger charge is 2.42. The van der Waals surface area contributed by atoms with Crippen LogP contribution in [0.2, 0.25) is 0 Å². The molecule has 1 aromatic heterocycles. The number of aromatic amines is 1. The molecule has 1 aromatic rings. The SMILES string of the molecule is O=S(=O)(c1[nH]ncc1CO)N1CC2CCCC2C1. The number of hydrogen-bond donors (Lipinski definition) is 2. The highest BCUT2D eigenvalue weighted by molar-refractivity contribution is 7.89. The summed E-state index contributed by atoms with van der Waals surface area (Å²) in [6, 6.07) is 0. The number of hydrogen-bond acceptors (Lipinski definition) is 4. The molecular formula is C11H17N3O3S. The van der Waals surface area contributed by atoms with Gasteiger partial charge in [0, 0.05) is 18.7 Å². The lowest BCUT2D eigenvalue weighted by atomic mass is 10.0. The van der Waals surface area contributed by atoms with Gasteiger partial charge >= 0.3 is 0 Å². The summed E-state index contributed by atoms with van der Waals surface area (Å²) in [7, 11) is -3.52. The molecule has 2 unspecified atom stereocenters. The number of aliphatic hydroxyl groups is 1. The van der Waals surface area contributed by atoms with Crippen LogP contribution in [0.4, 0.5) is 0 Å². The molecule has 2 fully saturated rings. The van der Waals surface area contributed by atoms with Gasteiger partial charge in [-0.05, 0) is 24.7 Å². The van der Waals surface area contributed by atoms with Crippen LogP contribution in [0.25, 0.3) is 0 Å². The molecule has 6 nitrogen and oxygen atoms in total. The number of H-pyrrole nitrogens is 1. The van der Waals surface area contributed by atoms with E-state index in [-0.39, 0.29) is 11.6 Å². The van der Waals surface area contributed by atoms with Crippen LogP contribution in [0.15, 0.2) is 11.2 Å². The molecule has 0 radical (unpaired) electrons. The van der Waals surface area contributed by atoms with Gasteiger partial charge in [0.05, 0.1) is 12.8 Å². The predicted molar refractivity (Wildman–Crippen MR) is 64.1 cm³/mol. The van der Waals surface area contributed by atoms with Crippen LogP contribution in [0.5, 0.6) is 0 Å². The lowest BCUT2D eigenvalue weighted by Gasteiger charge is -2.16. The van der Waals surface area contributed by atoms with E-state index in [1.54, 1.807) is 0 Å². The van der Waals surface area contributed by atoms with Crippen LogP contribution in [-0.2, 0) is 16.6 Å². The van der Waals surface area contributed by atoms with Crippen molar-refractivity contribution in [1.29, 1.82) is 0 Å². The molecule has 2 heterocycles. The normalized spacial score (nSPS) is 28.7. The van der Waals surface area contributed by atoms with Gasteiger partial charge in [-0.25, -0.2) is 8.42 Å². The Hall–Kier alpha value is -0.920. The van der Waals surface area contributed by atoms with E-state index in [2.05, 4.69) is 10.2 Å². The predicted octanol–water partition coefficient (Wildman–Crippen LogP) is 0.323. The topological polar surface area (TPSA) is 86.3 Å². The standard InChI is InChI=1S/C11H17N3O3S/c15-7-10-4-12-13-11(10)18(16,17)14-5-8-2-1-3-9(8)6-14/h4,8-9,15H,1-3,5-7H2,(H,12,13). The van der Waals surface area contributed by atoms with Crippen molar-refractivity contribution in [2.45, 2.75) is 30.9 Å². The van der Waals surface area contributed by atoms with Crippen LogP contribution in [0.1, 0.15) is 24.8 Å². The van der Waals surface area contributed by atoms with Gasteiger partial charge in [-0.1, -0.05) is 6.42 Å². The van der Waals surface area contributed by atoms with Gasteiger partial charge in [0.25, 0.3) is 10.0 Å². The van der Waals surface area contributed by atoms with Crippen LogP contribution in [0.3, 0.4) is 0 Å². The molecule has 0 aromatic carbocycles. The number of aromatic nitrogens is 2. The Morgan fingerprint density at radius 1 is 1.39 bits per heavy atom. The van der Waals surface area contributed by atoms with Crippen molar-refractivity contribution in [3.05, 3.63) is 11.8 Å². The number of fused-ring (bicyclic) bond motifs is 1. The molecule has 100 valence electrons. The minimum absolute atomic E-state index is 0.0463. The van der Waals surface area contributed by atoms with E-state index < -0.39 is 10.0 Å². The maximum atomic E-state index is 12.4. The lowest BCUT2D eigenvalue weighted by molar-refractivity contribution is 0.278. The minimum Gasteiger partial charge on any atom is -0.392 e. The fraction of sp³-hybridized carbons (Fsp3) is 0.727. The fourth-order valence-electron chi connectivity index (χ4n) is 3.15. The van der Waals surface area contributed by atoms with Crippen molar-refractivity contribution >= 4 is 10.0 Å². The minimum atomic E-state index is -3.52. The molecule has 0 spiro atoms. The van der Waals surface area contributed by atoms with E-state index in [1.165, 1.54) is 16.9 Å². The van der Waals surface area contributed by atoms with Gasteiger partial charge in [0.2, 0.25) is 0 Å². The molecule has 3 rings (SSSR count). The van der Waals surface area contributed by atoms with Crippen LogP contribution >= 0.6 is 0 Å². The van der Waals surface area contributed by atoms with Crippen molar-refractivity contribution < 1.29 is 13.5 Å². The third-order valence-electron chi connectivity index (χ3n) is 4.14. The molecule has 0 bridgehead atoms. The smallest absolute Gasteiger partial charge is 0.260 e. The summed E-state index contributed by atoms with van der Waals surface area (Å²) >= 11 is 0. The summed E-state index contributed by atoms with van der Waals surface area (Å²) in [6.45, 7) is 0.902. The largest absolute Gasteiger partial charge is 0.392 e. The Balaban J connectivity index is 1.88. The Morgan fingerprint density at radius 2 is 2.06 bits per heavy atom. The lowest BCUT2D eigenvalue weighted by Crippen LogP contribution is -2.30. The molecule has 1 aliphatic carbocycles. The highest BCUT2D eigenvalue weighted by atomic mass is 32.2. The summed E-state index contributed by atoms with van der Waals surface area (Å²) in [5.41, 5.74) is 0.340. The van der Waals surface area contributed by atoms with E-state index >= 15 is 0 Å². The first-order valence-electron chi connectivity index (χ1n) is 6.26. The van der Waals surface area contributed by atoms with E-state index in [4.69, 9.17) is 5.11 Å². The van der Waals surface area contributed by atoms with E-state index in [0.29, 0.717) is 30.5 Å². The maximum Gasteiger partial charge on any atom is 0.260 e. The van der Waals surface area contributed by atoms with Gasteiger partial charge in [-0.3, -0.25) is 5.10 Å². The van der Waals surface area contributed by atoms with Crippen molar-refractivity contribution in [2.75, 3.05) is 13.1 Å². The molecule has 1 saturated carbocycles. The molecule has 18 heavy (non-hydrogen) atoms. The highest BCUT2D eigenvalue weighted by Crippen LogP contribution is 2.39. The first kappa shape index (κ1) is 12.1. The summed E-state index contributed by atoms with van der Waals surface area (Å²) in [6.07, 6.45) is 4.85. The van der Waals surface area contributed by atoms with E-state index in [9.17, 15) is 8.42 Å². The first-order chi connectivity index (χ1) is 8.63. The summed E-state index contributed by atoms with van der Waals surface area (Å²) in [4.78, 5) is 0. The number of nitrogens with one attached hydrogen (secondary N) is 1. The average molecular weight is 271 g/mol. The van der Waals surface area contributed by atoms with Gasteiger partial charge in [0.15, 0.2) is 5.03 Å². The first-order valence-corrected chi connectivity index (χ1v) is 7.70. The molecule has 2 aliphatic rings. The Morgan fingerprint density at radius 3 is 2.67 bits per heavy atom. The van der Waals surface area contributed by atoms with E-state index in [1.807, 2.05) is 0 Å². The monoisotopic (exact) mass is 271 g/mol. The van der Waals surface area contributed by atoms with Crippen molar-refractivity contribution in [3.8, 4) is 0 Å². The zero-order chi connectivity index (χ0) is 12.8. The van der Waals surface area contributed by atoms with E-state index in [0.717, 1.165) is 12.8 Å². The Bertz CT molecular complexity index is 527. The molecule has 1 aliphatic heterocycles. The molecule has 7 heteroatoms. The summed E-state index contributed by atoms with van der Waals surface area (Å²) in [5.74, 6) is 1.03. The third kappa shape index (κ3) is 1.77. The zero-order valence-corrected chi connectivity index (χ0v) is 10.9. The Kier molecular flexibility index (Phi) is 2.91. The van der Waals surface area contributed by atoms with Crippen LogP contribution in [0, 0.1) is 11.8 Å². The summed E-state index contributed by atoms with van der Waals surface area (Å²) < 4.78 is 26.4.